The maximum absolute atomic E-state index is 12.6. The highest BCUT2D eigenvalue weighted by atomic mass is 16.2. The minimum Gasteiger partial charge on any atom is -0.336 e. The summed E-state index contributed by atoms with van der Waals surface area (Å²) in [5.74, 6) is 0.127. The van der Waals surface area contributed by atoms with E-state index in [-0.39, 0.29) is 5.91 Å². The molecule has 0 aliphatic carbocycles. The van der Waals surface area contributed by atoms with Gasteiger partial charge in [0, 0.05) is 49.5 Å². The zero-order valence-corrected chi connectivity index (χ0v) is 12.1. The predicted octanol–water partition coefficient (Wildman–Crippen LogP) is 2.36. The third kappa shape index (κ3) is 3.29. The van der Waals surface area contributed by atoms with Crippen LogP contribution in [0.3, 0.4) is 0 Å². The van der Waals surface area contributed by atoms with E-state index in [9.17, 15) is 4.79 Å². The van der Waals surface area contributed by atoms with Crippen LogP contribution in [0.4, 0.5) is 0 Å². The number of carbonyl (C=O) groups is 1. The summed E-state index contributed by atoms with van der Waals surface area (Å²) in [6.07, 6.45) is 11.4. The number of carbonyl (C=O) groups excluding carboxylic acids is 1. The number of rotatable bonds is 4. The van der Waals surface area contributed by atoms with Crippen LogP contribution in [-0.4, -0.2) is 38.2 Å². The van der Waals surface area contributed by atoms with Gasteiger partial charge in [0.05, 0.1) is 0 Å². The first-order chi connectivity index (χ1) is 10.3. The molecular weight excluding hydrogens is 264 g/mol. The van der Waals surface area contributed by atoms with Crippen LogP contribution in [-0.2, 0) is 6.54 Å². The Morgan fingerprint density at radius 1 is 1.24 bits per heavy atom. The topological polar surface area (TPSA) is 51.0 Å². The first-order valence-electron chi connectivity index (χ1n) is 7.53. The molecule has 21 heavy (non-hydrogen) atoms. The molecule has 1 aliphatic heterocycles. The second-order valence-corrected chi connectivity index (χ2v) is 5.44. The minimum absolute atomic E-state index is 0.127. The molecule has 1 amide bonds. The fraction of sp³-hybridized carbons (Fsp3) is 0.438. The highest BCUT2D eigenvalue weighted by Crippen LogP contribution is 2.22. The largest absolute Gasteiger partial charge is 0.336 e. The molecule has 1 fully saturated rings. The van der Waals surface area contributed by atoms with E-state index in [0.717, 1.165) is 37.9 Å². The van der Waals surface area contributed by atoms with Gasteiger partial charge in [0.1, 0.15) is 0 Å². The number of amides is 1. The Kier molecular flexibility index (Phi) is 4.28. The van der Waals surface area contributed by atoms with Crippen molar-refractivity contribution in [3.63, 3.8) is 0 Å². The van der Waals surface area contributed by atoms with Gasteiger partial charge in [0.2, 0.25) is 0 Å². The summed E-state index contributed by atoms with van der Waals surface area (Å²) >= 11 is 0. The third-order valence-electron chi connectivity index (χ3n) is 4.07. The molecule has 0 radical (unpaired) electrons. The van der Waals surface area contributed by atoms with Crippen LogP contribution in [0.1, 0.15) is 36.0 Å². The van der Waals surface area contributed by atoms with Crippen molar-refractivity contribution in [2.24, 2.45) is 0 Å². The highest BCUT2D eigenvalue weighted by molar-refractivity contribution is 5.94. The lowest BCUT2D eigenvalue weighted by Crippen LogP contribution is -2.44. The fourth-order valence-electron chi connectivity index (χ4n) is 2.94. The zero-order valence-electron chi connectivity index (χ0n) is 12.1. The number of hydrogen-bond donors (Lipinski definition) is 0. The Morgan fingerprint density at radius 3 is 2.86 bits per heavy atom. The monoisotopic (exact) mass is 284 g/mol. The van der Waals surface area contributed by atoms with E-state index in [1.807, 2.05) is 21.8 Å². The maximum atomic E-state index is 12.6. The third-order valence-corrected chi connectivity index (χ3v) is 4.07. The van der Waals surface area contributed by atoms with Gasteiger partial charge in [-0.25, -0.2) is 0 Å². The quantitative estimate of drug-likeness (QED) is 0.866. The van der Waals surface area contributed by atoms with Gasteiger partial charge in [0.15, 0.2) is 0 Å². The summed E-state index contributed by atoms with van der Waals surface area (Å²) in [7, 11) is 0. The molecule has 0 unspecified atom stereocenters. The summed E-state index contributed by atoms with van der Waals surface area (Å²) in [5, 5.41) is 4.23. The molecule has 0 N–H and O–H groups in total. The average Bonchev–Trinajstić information content (AvgIpc) is 3.07. The first-order valence-corrected chi connectivity index (χ1v) is 7.53. The van der Waals surface area contributed by atoms with Gasteiger partial charge >= 0.3 is 0 Å². The molecule has 1 saturated heterocycles. The number of nitrogens with zero attached hydrogens (tertiary/aromatic N) is 4. The maximum Gasteiger partial charge on any atom is 0.254 e. The SMILES string of the molecule is O=C(c1ccncc1)N1CCCC[C@@H]1CCn1cccn1. The Labute approximate surface area is 124 Å². The Balaban J connectivity index is 1.67. The molecule has 2 aromatic rings. The molecule has 3 heterocycles. The molecule has 1 atom stereocenters. The minimum atomic E-state index is 0.127. The lowest BCUT2D eigenvalue weighted by molar-refractivity contribution is 0.0594. The summed E-state index contributed by atoms with van der Waals surface area (Å²) in [6, 6.07) is 5.83. The number of piperidine rings is 1. The number of aryl methyl sites for hydroxylation is 1. The van der Waals surface area contributed by atoms with Crippen LogP contribution in [0, 0.1) is 0 Å². The van der Waals surface area contributed by atoms with E-state index in [1.54, 1.807) is 30.7 Å². The van der Waals surface area contributed by atoms with Crippen molar-refractivity contribution >= 4 is 5.91 Å². The van der Waals surface area contributed by atoms with E-state index in [4.69, 9.17) is 0 Å². The van der Waals surface area contributed by atoms with Crippen molar-refractivity contribution in [2.75, 3.05) is 6.54 Å². The molecule has 5 heteroatoms. The number of hydrogen-bond acceptors (Lipinski definition) is 3. The van der Waals surface area contributed by atoms with E-state index in [2.05, 4.69) is 10.1 Å². The number of likely N-dealkylation sites (tertiary alicyclic amines) is 1. The number of aromatic nitrogens is 3. The van der Waals surface area contributed by atoms with Gasteiger partial charge in [-0.2, -0.15) is 5.10 Å². The van der Waals surface area contributed by atoms with Gasteiger partial charge in [0.25, 0.3) is 5.91 Å². The average molecular weight is 284 g/mol. The van der Waals surface area contributed by atoms with Gasteiger partial charge in [-0.1, -0.05) is 0 Å². The Morgan fingerprint density at radius 2 is 2.10 bits per heavy atom. The molecule has 0 aromatic carbocycles. The molecule has 2 aromatic heterocycles. The smallest absolute Gasteiger partial charge is 0.254 e. The second-order valence-electron chi connectivity index (χ2n) is 5.44. The zero-order chi connectivity index (χ0) is 14.5. The lowest BCUT2D eigenvalue weighted by Gasteiger charge is -2.36. The molecule has 0 spiro atoms. The predicted molar refractivity (Wildman–Crippen MR) is 79.8 cm³/mol. The lowest BCUT2D eigenvalue weighted by atomic mass is 9.98. The Bertz CT molecular complexity index is 567. The fourth-order valence-corrected chi connectivity index (χ4v) is 2.94. The second kappa shape index (κ2) is 6.52. The van der Waals surface area contributed by atoms with E-state index in [0.29, 0.717) is 6.04 Å². The van der Waals surface area contributed by atoms with Crippen LogP contribution in [0.25, 0.3) is 0 Å². The van der Waals surface area contributed by atoms with E-state index >= 15 is 0 Å². The van der Waals surface area contributed by atoms with Crippen molar-refractivity contribution in [1.29, 1.82) is 0 Å². The van der Waals surface area contributed by atoms with Crippen molar-refractivity contribution < 1.29 is 4.79 Å². The molecule has 1 aliphatic rings. The molecule has 3 rings (SSSR count). The molecule has 110 valence electrons. The van der Waals surface area contributed by atoms with Gasteiger partial charge in [-0.05, 0) is 43.9 Å². The van der Waals surface area contributed by atoms with Crippen molar-refractivity contribution in [3.05, 3.63) is 48.5 Å². The Hall–Kier alpha value is -2.17. The van der Waals surface area contributed by atoms with Crippen LogP contribution >= 0.6 is 0 Å². The van der Waals surface area contributed by atoms with Crippen LogP contribution < -0.4 is 0 Å². The summed E-state index contributed by atoms with van der Waals surface area (Å²) in [4.78, 5) is 18.7. The normalized spacial score (nSPS) is 18.7. The summed E-state index contributed by atoms with van der Waals surface area (Å²) in [6.45, 7) is 1.71. The summed E-state index contributed by atoms with van der Waals surface area (Å²) < 4.78 is 1.93. The molecule has 0 bridgehead atoms. The van der Waals surface area contributed by atoms with Crippen LogP contribution in [0.2, 0.25) is 0 Å². The molecule has 0 saturated carbocycles. The standard InChI is InChI=1S/C16H20N4O/c21-16(14-5-9-17-10-6-14)20-12-2-1-4-15(20)7-13-19-11-3-8-18-19/h3,5-6,8-11,15H,1-2,4,7,12-13H2/t15-/m1/s1. The van der Waals surface area contributed by atoms with Gasteiger partial charge in [-0.3, -0.25) is 14.5 Å². The summed E-state index contributed by atoms with van der Waals surface area (Å²) in [5.41, 5.74) is 0.732. The molecule has 5 nitrogen and oxygen atoms in total. The van der Waals surface area contributed by atoms with Crippen molar-refractivity contribution in [1.82, 2.24) is 19.7 Å². The van der Waals surface area contributed by atoms with Crippen LogP contribution in [0.5, 0.6) is 0 Å². The van der Waals surface area contributed by atoms with E-state index < -0.39 is 0 Å². The van der Waals surface area contributed by atoms with Crippen molar-refractivity contribution in [3.8, 4) is 0 Å². The number of pyridine rings is 1. The molecular formula is C16H20N4O. The van der Waals surface area contributed by atoms with Crippen molar-refractivity contribution in [2.45, 2.75) is 38.3 Å². The van der Waals surface area contributed by atoms with Gasteiger partial charge < -0.3 is 4.90 Å². The first kappa shape index (κ1) is 13.8. The highest BCUT2D eigenvalue weighted by Gasteiger charge is 2.27. The van der Waals surface area contributed by atoms with Gasteiger partial charge in [-0.15, -0.1) is 0 Å². The van der Waals surface area contributed by atoms with Crippen LogP contribution in [0.15, 0.2) is 43.0 Å². The van der Waals surface area contributed by atoms with E-state index in [1.165, 1.54) is 6.42 Å².